The SMILES string of the molecule is COc1ccc(C2(c3cnc(-c4ccc(S(=O)(=O)Nc5nccs5)cc4)[nH]3)CC2)cc1. The van der Waals surface area contributed by atoms with Crippen molar-refractivity contribution in [1.29, 1.82) is 0 Å². The molecule has 2 aromatic heterocycles. The molecule has 9 heteroatoms. The van der Waals surface area contributed by atoms with Crippen LogP contribution in [0.25, 0.3) is 11.4 Å². The van der Waals surface area contributed by atoms with Crippen LogP contribution < -0.4 is 9.46 Å². The first kappa shape index (κ1) is 19.8. The van der Waals surface area contributed by atoms with Crippen LogP contribution in [0.2, 0.25) is 0 Å². The first-order chi connectivity index (χ1) is 15.0. The fraction of sp³-hybridized carbons (Fsp3) is 0.182. The summed E-state index contributed by atoms with van der Waals surface area (Å²) in [5, 5.41) is 2.06. The van der Waals surface area contributed by atoms with Crippen molar-refractivity contribution in [3.8, 4) is 17.1 Å². The van der Waals surface area contributed by atoms with E-state index in [-0.39, 0.29) is 10.3 Å². The molecule has 0 saturated heterocycles. The number of sulfonamides is 1. The second-order valence-corrected chi connectivity index (χ2v) is 10.0. The summed E-state index contributed by atoms with van der Waals surface area (Å²) in [4.78, 5) is 12.1. The van der Waals surface area contributed by atoms with Gasteiger partial charge in [0.2, 0.25) is 0 Å². The van der Waals surface area contributed by atoms with Crippen molar-refractivity contribution in [2.75, 3.05) is 11.8 Å². The number of nitrogens with one attached hydrogen (secondary N) is 2. The minimum Gasteiger partial charge on any atom is -0.497 e. The summed E-state index contributed by atoms with van der Waals surface area (Å²) in [6.45, 7) is 0. The Morgan fingerprint density at radius 2 is 1.81 bits per heavy atom. The molecule has 1 aliphatic carbocycles. The van der Waals surface area contributed by atoms with E-state index in [4.69, 9.17) is 4.74 Å². The number of thiazole rings is 1. The quantitative estimate of drug-likeness (QED) is 0.433. The number of imidazole rings is 1. The molecule has 0 amide bonds. The molecule has 1 saturated carbocycles. The number of anilines is 1. The van der Waals surface area contributed by atoms with Gasteiger partial charge >= 0.3 is 0 Å². The molecule has 7 nitrogen and oxygen atoms in total. The predicted octanol–water partition coefficient (Wildman–Crippen LogP) is 4.42. The highest BCUT2D eigenvalue weighted by Crippen LogP contribution is 2.53. The summed E-state index contributed by atoms with van der Waals surface area (Å²) in [5.41, 5.74) is 3.08. The van der Waals surface area contributed by atoms with Crippen molar-refractivity contribution < 1.29 is 13.2 Å². The van der Waals surface area contributed by atoms with Gasteiger partial charge in [-0.05, 0) is 54.8 Å². The van der Waals surface area contributed by atoms with Crippen LogP contribution in [0.3, 0.4) is 0 Å². The van der Waals surface area contributed by atoms with Crippen LogP contribution in [0.1, 0.15) is 24.1 Å². The lowest BCUT2D eigenvalue weighted by atomic mass is 9.93. The Labute approximate surface area is 184 Å². The summed E-state index contributed by atoms with van der Waals surface area (Å²) in [6.07, 6.45) is 5.54. The molecule has 0 spiro atoms. The Balaban J connectivity index is 1.37. The van der Waals surface area contributed by atoms with E-state index in [0.29, 0.717) is 11.0 Å². The molecule has 1 fully saturated rings. The topological polar surface area (TPSA) is 97.0 Å². The van der Waals surface area contributed by atoms with E-state index in [1.54, 1.807) is 43.0 Å². The van der Waals surface area contributed by atoms with Crippen molar-refractivity contribution in [2.24, 2.45) is 0 Å². The van der Waals surface area contributed by atoms with Gasteiger partial charge in [-0.25, -0.2) is 18.4 Å². The number of nitrogens with zero attached hydrogens (tertiary/aromatic N) is 2. The van der Waals surface area contributed by atoms with Gasteiger partial charge < -0.3 is 9.72 Å². The lowest BCUT2D eigenvalue weighted by molar-refractivity contribution is 0.414. The Bertz CT molecular complexity index is 1290. The van der Waals surface area contributed by atoms with Crippen LogP contribution in [-0.2, 0) is 15.4 Å². The number of rotatable bonds is 7. The van der Waals surface area contributed by atoms with E-state index in [0.717, 1.165) is 29.8 Å². The number of ether oxygens (including phenoxy) is 1. The van der Waals surface area contributed by atoms with Gasteiger partial charge in [-0.2, -0.15) is 0 Å². The maximum atomic E-state index is 12.5. The van der Waals surface area contributed by atoms with Crippen LogP contribution in [-0.4, -0.2) is 30.5 Å². The second-order valence-electron chi connectivity index (χ2n) is 7.42. The molecule has 158 valence electrons. The van der Waals surface area contributed by atoms with Gasteiger partial charge in [0.15, 0.2) is 5.13 Å². The molecule has 2 heterocycles. The molecule has 31 heavy (non-hydrogen) atoms. The average Bonchev–Trinajstić information content (AvgIpc) is 3.18. The third-order valence-electron chi connectivity index (χ3n) is 5.58. The maximum absolute atomic E-state index is 12.5. The van der Waals surface area contributed by atoms with Gasteiger partial charge in [-0.1, -0.05) is 12.1 Å². The summed E-state index contributed by atoms with van der Waals surface area (Å²) < 4.78 is 32.8. The average molecular weight is 453 g/mol. The molecule has 0 bridgehead atoms. The highest BCUT2D eigenvalue weighted by atomic mass is 32.2. The van der Waals surface area contributed by atoms with E-state index in [9.17, 15) is 8.42 Å². The number of methoxy groups -OCH3 is 1. The zero-order valence-corrected chi connectivity index (χ0v) is 18.3. The fourth-order valence-corrected chi connectivity index (χ4v) is 5.49. The Morgan fingerprint density at radius 1 is 1.06 bits per heavy atom. The van der Waals surface area contributed by atoms with Crippen LogP contribution in [0, 0.1) is 0 Å². The summed E-state index contributed by atoms with van der Waals surface area (Å²) in [7, 11) is -2.01. The first-order valence-corrected chi connectivity index (χ1v) is 12.1. The van der Waals surface area contributed by atoms with Crippen molar-refractivity contribution in [3.05, 3.63) is 77.6 Å². The van der Waals surface area contributed by atoms with Gasteiger partial charge in [0, 0.05) is 34.4 Å². The molecule has 0 radical (unpaired) electrons. The Hall–Kier alpha value is -3.17. The molecule has 0 aliphatic heterocycles. The van der Waals surface area contributed by atoms with Gasteiger partial charge in [-0.15, -0.1) is 11.3 Å². The van der Waals surface area contributed by atoms with Gasteiger partial charge in [-0.3, -0.25) is 4.72 Å². The number of aromatic nitrogens is 3. The van der Waals surface area contributed by atoms with Crippen molar-refractivity contribution in [2.45, 2.75) is 23.2 Å². The molecule has 2 N–H and O–H groups in total. The highest BCUT2D eigenvalue weighted by molar-refractivity contribution is 7.93. The molecule has 0 unspecified atom stereocenters. The molecular formula is C22H20N4O3S2. The lowest BCUT2D eigenvalue weighted by Crippen LogP contribution is -2.12. The molecule has 2 aromatic carbocycles. The zero-order chi connectivity index (χ0) is 21.5. The molecule has 5 rings (SSSR count). The largest absolute Gasteiger partial charge is 0.497 e. The third kappa shape index (κ3) is 3.70. The molecular weight excluding hydrogens is 432 g/mol. The monoisotopic (exact) mass is 452 g/mol. The van der Waals surface area contributed by atoms with E-state index < -0.39 is 10.0 Å². The summed E-state index contributed by atoms with van der Waals surface area (Å²) >= 11 is 1.23. The third-order valence-corrected chi connectivity index (χ3v) is 7.75. The Kier molecular flexibility index (Phi) is 4.79. The minimum atomic E-state index is -3.67. The van der Waals surface area contributed by atoms with E-state index >= 15 is 0 Å². The van der Waals surface area contributed by atoms with Crippen molar-refractivity contribution in [1.82, 2.24) is 15.0 Å². The maximum Gasteiger partial charge on any atom is 0.263 e. The zero-order valence-electron chi connectivity index (χ0n) is 16.7. The van der Waals surface area contributed by atoms with E-state index in [2.05, 4.69) is 31.8 Å². The van der Waals surface area contributed by atoms with Gasteiger partial charge in [0.1, 0.15) is 11.6 Å². The van der Waals surface area contributed by atoms with Crippen molar-refractivity contribution >= 4 is 26.5 Å². The molecule has 0 atom stereocenters. The summed E-state index contributed by atoms with van der Waals surface area (Å²) in [6, 6.07) is 14.8. The number of hydrogen-bond donors (Lipinski definition) is 2. The van der Waals surface area contributed by atoms with Crippen LogP contribution >= 0.6 is 11.3 Å². The van der Waals surface area contributed by atoms with Crippen LogP contribution in [0.15, 0.2) is 71.2 Å². The number of hydrogen-bond acceptors (Lipinski definition) is 6. The van der Waals surface area contributed by atoms with E-state index in [1.165, 1.54) is 16.9 Å². The highest BCUT2D eigenvalue weighted by Gasteiger charge is 2.47. The van der Waals surface area contributed by atoms with Crippen LogP contribution in [0.5, 0.6) is 5.75 Å². The second kappa shape index (κ2) is 7.51. The smallest absolute Gasteiger partial charge is 0.263 e. The minimum absolute atomic E-state index is 0.0432. The van der Waals surface area contributed by atoms with Crippen LogP contribution in [0.4, 0.5) is 5.13 Å². The lowest BCUT2D eigenvalue weighted by Gasteiger charge is -2.14. The standard InChI is InChI=1S/C22H20N4O3S2/c1-29-17-6-4-16(5-7-17)22(10-11-22)19-14-24-20(25-19)15-2-8-18(9-3-15)31(27,28)26-21-23-12-13-30-21/h2-9,12-14H,10-11H2,1H3,(H,23,26)(H,24,25). The normalized spacial score (nSPS) is 14.9. The van der Waals surface area contributed by atoms with Gasteiger partial charge in [0.05, 0.1) is 12.0 Å². The number of H-pyrrole nitrogens is 1. The number of benzene rings is 2. The molecule has 1 aliphatic rings. The van der Waals surface area contributed by atoms with E-state index in [1.807, 2.05) is 18.3 Å². The predicted molar refractivity (Wildman–Crippen MR) is 120 cm³/mol. The molecule has 4 aromatic rings. The first-order valence-electron chi connectivity index (χ1n) is 9.73. The fourth-order valence-electron chi connectivity index (χ4n) is 3.70. The number of aromatic amines is 1. The Morgan fingerprint density at radius 3 is 2.42 bits per heavy atom. The van der Waals surface area contributed by atoms with Gasteiger partial charge in [0.25, 0.3) is 10.0 Å². The summed E-state index contributed by atoms with van der Waals surface area (Å²) in [5.74, 6) is 1.55. The van der Waals surface area contributed by atoms with Crippen molar-refractivity contribution in [3.63, 3.8) is 0 Å².